The third-order valence-electron chi connectivity index (χ3n) is 8.91. The maximum Gasteiger partial charge on any atom is 0.335 e. The number of ketones is 1. The van der Waals surface area contributed by atoms with Gasteiger partial charge in [0.25, 0.3) is 27.7 Å². The Hall–Kier alpha value is -5.61. The Bertz CT molecular complexity index is 2220. The predicted molar refractivity (Wildman–Crippen MR) is 195 cm³/mol. The normalized spacial score (nSPS) is 15.5. The average molecular weight is 780 g/mol. The van der Waals surface area contributed by atoms with Gasteiger partial charge in [-0.05, 0) is 91.4 Å². The van der Waals surface area contributed by atoms with Gasteiger partial charge in [0.15, 0.2) is 5.58 Å². The van der Waals surface area contributed by atoms with Crippen molar-refractivity contribution >= 4 is 68.1 Å². The molecule has 0 spiro atoms. The van der Waals surface area contributed by atoms with Gasteiger partial charge in [0.05, 0.1) is 16.5 Å². The minimum absolute atomic E-state index is 0.0334. The quantitative estimate of drug-likeness (QED) is 0.142. The highest BCUT2D eigenvalue weighted by atomic mass is 35.5. The summed E-state index contributed by atoms with van der Waals surface area (Å²) in [6.07, 6.45) is 0.810. The van der Waals surface area contributed by atoms with E-state index in [9.17, 15) is 42.3 Å². The van der Waals surface area contributed by atoms with Crippen molar-refractivity contribution in [1.29, 1.82) is 0 Å². The van der Waals surface area contributed by atoms with E-state index in [1.54, 1.807) is 27.7 Å². The first-order chi connectivity index (χ1) is 25.5. The molecule has 4 amide bonds. The number of sulfonamides is 1. The van der Waals surface area contributed by atoms with Crippen LogP contribution in [0.2, 0.25) is 5.02 Å². The fourth-order valence-electron chi connectivity index (χ4n) is 5.93. The first kappa shape index (κ1) is 39.6. The van der Waals surface area contributed by atoms with Crippen LogP contribution in [0, 0.1) is 11.8 Å². The number of amides is 4. The van der Waals surface area contributed by atoms with E-state index < -0.39 is 75.4 Å². The van der Waals surface area contributed by atoms with Crippen LogP contribution in [-0.4, -0.2) is 83.5 Å². The van der Waals surface area contributed by atoms with Crippen LogP contribution in [0.4, 0.5) is 0 Å². The molecule has 284 valence electrons. The van der Waals surface area contributed by atoms with Gasteiger partial charge >= 0.3 is 5.97 Å². The monoisotopic (exact) mass is 779 g/mol. The van der Waals surface area contributed by atoms with Crippen molar-refractivity contribution in [3.63, 3.8) is 0 Å². The standard InChI is InChI=1S/C37H38ClN5O10S/c1-19(2)29(31(44)35-39-26-18-23(37(49)50)11-16-28(26)53-35)40-34(47)27-6-5-17-43(27)36(48)30(20(3)4)41-32(45)21-7-9-22(10-8-21)33(46)42-54(51,52)25-14-12-24(38)13-15-25/h7-16,18-20,27,29-30H,5-6,17H2,1-4H3,(H,40,47)(H,41,45)(H,42,46)(H,49,50). The number of fused-ring (bicyclic) bond motifs is 1. The zero-order valence-electron chi connectivity index (χ0n) is 29.7. The van der Waals surface area contributed by atoms with E-state index in [0.717, 1.165) is 0 Å². The summed E-state index contributed by atoms with van der Waals surface area (Å²) in [6, 6.07) is 11.4. The number of carboxylic acid groups (broad SMARTS) is 1. The van der Waals surface area contributed by atoms with Crippen molar-refractivity contribution < 1.29 is 46.7 Å². The van der Waals surface area contributed by atoms with Gasteiger partial charge in [0.1, 0.15) is 17.6 Å². The number of carbonyl (C=O) groups excluding carboxylic acids is 5. The van der Waals surface area contributed by atoms with Gasteiger partial charge in [-0.25, -0.2) is 22.9 Å². The number of nitrogens with zero attached hydrogens (tertiary/aromatic N) is 2. The summed E-state index contributed by atoms with van der Waals surface area (Å²) in [7, 11) is -4.19. The summed E-state index contributed by atoms with van der Waals surface area (Å²) in [6.45, 7) is 7.14. The van der Waals surface area contributed by atoms with Gasteiger partial charge in [-0.15, -0.1) is 0 Å². The van der Waals surface area contributed by atoms with Crippen molar-refractivity contribution in [2.24, 2.45) is 11.8 Å². The molecular weight excluding hydrogens is 742 g/mol. The van der Waals surface area contributed by atoms with Crippen LogP contribution in [0.5, 0.6) is 0 Å². The highest BCUT2D eigenvalue weighted by Gasteiger charge is 2.40. The van der Waals surface area contributed by atoms with E-state index in [1.165, 1.54) is 71.6 Å². The molecule has 15 nitrogen and oxygen atoms in total. The summed E-state index contributed by atoms with van der Waals surface area (Å²) in [5.74, 6) is -5.54. The summed E-state index contributed by atoms with van der Waals surface area (Å²) in [5, 5.41) is 15.1. The lowest BCUT2D eigenvalue weighted by Crippen LogP contribution is -2.57. The first-order valence-electron chi connectivity index (χ1n) is 17.0. The van der Waals surface area contributed by atoms with E-state index in [1.807, 2.05) is 4.72 Å². The van der Waals surface area contributed by atoms with Crippen molar-refractivity contribution in [2.45, 2.75) is 63.6 Å². The number of oxazole rings is 1. The molecule has 17 heteroatoms. The number of hydrogen-bond acceptors (Lipinski definition) is 10. The first-order valence-corrected chi connectivity index (χ1v) is 18.9. The third kappa shape index (κ3) is 8.77. The second-order valence-corrected chi connectivity index (χ2v) is 15.6. The number of hydrogen-bond donors (Lipinski definition) is 4. The molecule has 1 fully saturated rings. The van der Waals surface area contributed by atoms with Crippen molar-refractivity contribution in [1.82, 2.24) is 25.2 Å². The Labute approximate surface area is 315 Å². The highest BCUT2D eigenvalue weighted by molar-refractivity contribution is 7.90. The largest absolute Gasteiger partial charge is 0.478 e. The minimum atomic E-state index is -4.19. The number of aromatic carboxylic acids is 1. The number of aromatic nitrogens is 1. The summed E-state index contributed by atoms with van der Waals surface area (Å²) in [5.41, 5.74) is 0.400. The molecule has 1 aromatic heterocycles. The van der Waals surface area contributed by atoms with Crippen molar-refractivity contribution in [3.8, 4) is 0 Å². The number of carboxylic acids is 1. The number of carbonyl (C=O) groups is 6. The molecule has 0 radical (unpaired) electrons. The number of halogens is 1. The van der Waals surface area contributed by atoms with Crippen LogP contribution in [0.25, 0.3) is 11.1 Å². The molecule has 4 N–H and O–H groups in total. The molecule has 3 unspecified atom stereocenters. The second-order valence-electron chi connectivity index (χ2n) is 13.5. The molecule has 0 saturated carbocycles. The van der Waals surface area contributed by atoms with E-state index in [-0.39, 0.29) is 45.1 Å². The van der Waals surface area contributed by atoms with E-state index in [0.29, 0.717) is 17.9 Å². The predicted octanol–water partition coefficient (Wildman–Crippen LogP) is 4.07. The number of rotatable bonds is 13. The Morgan fingerprint density at radius 3 is 2.02 bits per heavy atom. The minimum Gasteiger partial charge on any atom is -0.478 e. The molecule has 4 aromatic rings. The van der Waals surface area contributed by atoms with Crippen molar-refractivity contribution in [2.75, 3.05) is 6.54 Å². The van der Waals surface area contributed by atoms with Gasteiger partial charge in [-0.2, -0.15) is 0 Å². The van der Waals surface area contributed by atoms with Crippen LogP contribution >= 0.6 is 11.6 Å². The van der Waals surface area contributed by atoms with Gasteiger partial charge in [-0.1, -0.05) is 39.3 Å². The topological polar surface area (TPSA) is 222 Å². The van der Waals surface area contributed by atoms with Crippen LogP contribution in [0.1, 0.15) is 82.3 Å². The van der Waals surface area contributed by atoms with Gasteiger partial charge in [0.2, 0.25) is 17.6 Å². The van der Waals surface area contributed by atoms with Crippen LogP contribution in [0.15, 0.2) is 76.0 Å². The Morgan fingerprint density at radius 1 is 0.833 bits per heavy atom. The third-order valence-corrected chi connectivity index (χ3v) is 10.5. The Kier molecular flexibility index (Phi) is 11.9. The van der Waals surface area contributed by atoms with Gasteiger partial charge < -0.3 is 25.1 Å². The molecule has 3 aromatic carbocycles. The highest BCUT2D eigenvalue weighted by Crippen LogP contribution is 2.24. The molecular formula is C37H38ClN5O10S. The summed E-state index contributed by atoms with van der Waals surface area (Å²) < 4.78 is 32.8. The van der Waals surface area contributed by atoms with Gasteiger partial charge in [0, 0.05) is 22.7 Å². The fourth-order valence-corrected chi connectivity index (χ4v) is 7.03. The maximum atomic E-state index is 13.9. The number of nitrogens with one attached hydrogen (secondary N) is 3. The maximum absolute atomic E-state index is 13.9. The Balaban J connectivity index is 1.24. The van der Waals surface area contributed by atoms with E-state index in [2.05, 4.69) is 15.6 Å². The fraction of sp³-hybridized carbons (Fsp3) is 0.324. The molecule has 0 bridgehead atoms. The lowest BCUT2D eigenvalue weighted by molar-refractivity contribution is -0.140. The summed E-state index contributed by atoms with van der Waals surface area (Å²) in [4.78, 5) is 83.9. The average Bonchev–Trinajstić information content (AvgIpc) is 3.80. The molecule has 5 rings (SSSR count). The SMILES string of the molecule is CC(C)C(NC(=O)C1CCCN1C(=O)C(NC(=O)c1ccc(C(=O)NS(=O)(=O)c2ccc(Cl)cc2)cc1)C(C)C)C(=O)c1nc2cc(C(=O)O)ccc2o1. The van der Waals surface area contributed by atoms with Crippen LogP contribution < -0.4 is 15.4 Å². The lowest BCUT2D eigenvalue weighted by Gasteiger charge is -2.31. The van der Waals surface area contributed by atoms with Crippen LogP contribution in [0.3, 0.4) is 0 Å². The molecule has 1 aliphatic heterocycles. The second kappa shape index (κ2) is 16.2. The van der Waals surface area contributed by atoms with Crippen molar-refractivity contribution in [3.05, 3.63) is 94.3 Å². The number of likely N-dealkylation sites (tertiary alicyclic amines) is 1. The number of Topliss-reactive ketones (excluding diaryl/α,β-unsaturated/α-hetero) is 1. The Morgan fingerprint density at radius 2 is 1.43 bits per heavy atom. The molecule has 0 aliphatic carbocycles. The molecule has 2 heterocycles. The zero-order valence-corrected chi connectivity index (χ0v) is 31.2. The number of benzene rings is 3. The molecule has 3 atom stereocenters. The van der Waals surface area contributed by atoms with E-state index >= 15 is 0 Å². The molecule has 1 aliphatic rings. The lowest BCUT2D eigenvalue weighted by atomic mass is 9.98. The smallest absolute Gasteiger partial charge is 0.335 e. The van der Waals surface area contributed by atoms with Gasteiger partial charge in [-0.3, -0.25) is 24.0 Å². The van der Waals surface area contributed by atoms with Crippen LogP contribution in [-0.2, 0) is 19.6 Å². The molecule has 1 saturated heterocycles. The summed E-state index contributed by atoms with van der Waals surface area (Å²) >= 11 is 5.82. The molecule has 54 heavy (non-hydrogen) atoms. The zero-order chi connectivity index (χ0) is 39.5. The van der Waals surface area contributed by atoms with E-state index in [4.69, 9.17) is 16.0 Å².